The summed E-state index contributed by atoms with van der Waals surface area (Å²) in [5, 5.41) is 0.668. The van der Waals surface area contributed by atoms with Gasteiger partial charge in [0.25, 0.3) is 0 Å². The summed E-state index contributed by atoms with van der Waals surface area (Å²) in [6, 6.07) is 18.0. The van der Waals surface area contributed by atoms with E-state index in [0.717, 1.165) is 49.0 Å². The number of hydrogen-bond donors (Lipinski definition) is 0. The van der Waals surface area contributed by atoms with E-state index < -0.39 is 0 Å². The Labute approximate surface area is 239 Å². The first kappa shape index (κ1) is 26.5. The second kappa shape index (κ2) is 11.4. The van der Waals surface area contributed by atoms with E-state index in [1.807, 2.05) is 36.6 Å². The average Bonchev–Trinajstić information content (AvgIpc) is 3.00. The number of nitrogens with zero attached hydrogens (tertiary/aromatic N) is 5. The lowest BCUT2D eigenvalue weighted by Gasteiger charge is -2.44. The van der Waals surface area contributed by atoms with Crippen LogP contribution >= 0.6 is 11.8 Å². The van der Waals surface area contributed by atoms with E-state index in [1.54, 1.807) is 4.90 Å². The second-order valence-corrected chi connectivity index (χ2v) is 11.4. The van der Waals surface area contributed by atoms with Crippen LogP contribution in [0.3, 0.4) is 0 Å². The molecule has 1 aromatic heterocycles. The number of aryl methyl sites for hydroxylation is 1. The van der Waals surface area contributed by atoms with Crippen LogP contribution < -0.4 is 9.64 Å². The summed E-state index contributed by atoms with van der Waals surface area (Å²) in [7, 11) is 0. The Bertz CT molecular complexity index is 1430. The highest BCUT2D eigenvalue weighted by Crippen LogP contribution is 2.48. The Morgan fingerprint density at radius 3 is 2.77 bits per heavy atom. The highest BCUT2D eigenvalue weighted by atomic mass is 32.2. The smallest absolute Gasteiger partial charge is 0.410 e. The maximum Gasteiger partial charge on any atom is 0.410 e. The van der Waals surface area contributed by atoms with Crippen molar-refractivity contribution >= 4 is 23.7 Å². The highest BCUT2D eigenvalue weighted by Gasteiger charge is 2.44. The number of carbonyl (C=O) groups excluding carboxylic acids is 1. The summed E-state index contributed by atoms with van der Waals surface area (Å²) < 4.78 is 12.5. The Balaban J connectivity index is 1.24. The van der Waals surface area contributed by atoms with Crippen LogP contribution in [0, 0.1) is 6.57 Å². The maximum atomic E-state index is 13.0. The topological polar surface area (TPSA) is 72.2 Å². The first-order valence-electron chi connectivity index (χ1n) is 13.9. The third-order valence-electron chi connectivity index (χ3n) is 8.24. The lowest BCUT2D eigenvalue weighted by atomic mass is 9.75. The molecule has 0 radical (unpaired) electrons. The summed E-state index contributed by atoms with van der Waals surface area (Å²) in [6.07, 6.45) is 6.45. The van der Waals surface area contributed by atoms with E-state index in [4.69, 9.17) is 26.0 Å². The lowest BCUT2D eigenvalue weighted by molar-refractivity contribution is 0.0192. The first-order chi connectivity index (χ1) is 19.6. The molecular weight excluding hydrogens is 522 g/mol. The molecule has 1 fully saturated rings. The van der Waals surface area contributed by atoms with Gasteiger partial charge in [-0.05, 0) is 55.1 Å². The zero-order valence-electron chi connectivity index (χ0n) is 22.7. The molecule has 0 N–H and O–H groups in total. The Hall–Kier alpha value is -3.77. The fourth-order valence-corrected chi connectivity index (χ4v) is 6.60. The van der Waals surface area contributed by atoms with Gasteiger partial charge in [0, 0.05) is 19.6 Å². The third-order valence-corrected chi connectivity index (χ3v) is 8.79. The lowest BCUT2D eigenvalue weighted by Crippen LogP contribution is -2.57. The zero-order chi connectivity index (χ0) is 27.5. The van der Waals surface area contributed by atoms with Gasteiger partial charge in [-0.3, -0.25) is 4.90 Å². The molecule has 3 heterocycles. The molecule has 2 aliphatic heterocycles. The van der Waals surface area contributed by atoms with Gasteiger partial charge >= 0.3 is 6.09 Å². The number of amides is 1. The van der Waals surface area contributed by atoms with Gasteiger partial charge in [0.05, 0.1) is 5.56 Å². The normalized spacial score (nSPS) is 21.6. The number of benzene rings is 2. The number of aromatic nitrogens is 2. The van der Waals surface area contributed by atoms with E-state index in [2.05, 4.69) is 34.0 Å². The molecule has 0 saturated carbocycles. The molecule has 1 spiro atoms. The van der Waals surface area contributed by atoms with Crippen LogP contribution in [0.1, 0.15) is 41.5 Å². The van der Waals surface area contributed by atoms with Crippen LogP contribution in [-0.4, -0.2) is 59.4 Å². The van der Waals surface area contributed by atoms with Crippen LogP contribution in [0.25, 0.3) is 4.85 Å². The van der Waals surface area contributed by atoms with Gasteiger partial charge in [0.2, 0.25) is 12.4 Å². The summed E-state index contributed by atoms with van der Waals surface area (Å²) in [6.45, 7) is 9.52. The van der Waals surface area contributed by atoms with Crippen LogP contribution in [0.15, 0.2) is 59.8 Å². The minimum atomic E-state index is -0.382. The van der Waals surface area contributed by atoms with Gasteiger partial charge in [-0.1, -0.05) is 66.4 Å². The van der Waals surface area contributed by atoms with Crippen molar-refractivity contribution in [3.05, 3.63) is 88.3 Å². The number of hydrogen-bond acceptors (Lipinski definition) is 7. The molecule has 1 saturated heterocycles. The molecule has 40 heavy (non-hydrogen) atoms. The molecule has 3 aliphatic rings. The number of ether oxygens (including phenoxy) is 2. The second-order valence-electron chi connectivity index (χ2n) is 10.6. The van der Waals surface area contributed by atoms with E-state index in [1.165, 1.54) is 22.9 Å². The molecule has 206 valence electrons. The predicted molar refractivity (Wildman–Crippen MR) is 155 cm³/mol. The SMILES string of the molecule is [C-]#[N+]C[C@H]1CN(c2nc(SC)nc3c2CCC2(CCCc4ccccc42)O3)CCN1C(=O)OCc1ccccc1. The molecule has 0 bridgehead atoms. The predicted octanol–water partition coefficient (Wildman–Crippen LogP) is 5.50. The molecule has 6 rings (SSSR count). The molecule has 2 aromatic carbocycles. The van der Waals surface area contributed by atoms with Gasteiger partial charge in [-0.25, -0.2) is 16.4 Å². The molecule has 1 unspecified atom stereocenters. The molecule has 8 nitrogen and oxygen atoms in total. The first-order valence-corrected chi connectivity index (χ1v) is 15.1. The van der Waals surface area contributed by atoms with Crippen molar-refractivity contribution in [1.82, 2.24) is 14.9 Å². The Kier molecular flexibility index (Phi) is 7.53. The van der Waals surface area contributed by atoms with Crippen molar-refractivity contribution < 1.29 is 14.3 Å². The minimum absolute atomic E-state index is 0.204. The quantitative estimate of drug-likeness (QED) is 0.234. The summed E-state index contributed by atoms with van der Waals surface area (Å²) >= 11 is 1.50. The van der Waals surface area contributed by atoms with Crippen molar-refractivity contribution in [2.75, 3.05) is 37.3 Å². The third kappa shape index (κ3) is 5.08. The molecular formula is C31H33N5O3S. The minimum Gasteiger partial charge on any atom is -0.466 e. The number of anilines is 1. The van der Waals surface area contributed by atoms with Crippen molar-refractivity contribution in [3.8, 4) is 5.88 Å². The van der Waals surface area contributed by atoms with Crippen LogP contribution in [0.2, 0.25) is 0 Å². The van der Waals surface area contributed by atoms with Crippen LogP contribution in [0.4, 0.5) is 10.6 Å². The zero-order valence-corrected chi connectivity index (χ0v) is 23.5. The summed E-state index contributed by atoms with van der Waals surface area (Å²) in [4.78, 5) is 30.4. The fourth-order valence-electron chi connectivity index (χ4n) is 6.25. The Morgan fingerprint density at radius 1 is 1.12 bits per heavy atom. The standard InChI is InChI=1S/C31H33N5O3S/c1-32-19-24-20-35(17-18-36(24)30(37)38-21-22-9-4-3-5-10-22)27-25-14-16-31(39-28(25)34-29(33-27)40-2)15-8-12-23-11-6-7-13-26(23)31/h3-7,9-11,13,24H,8,12,14-21H2,2H3/t24-,31?/m0/s1. The van der Waals surface area contributed by atoms with Gasteiger partial charge in [0.15, 0.2) is 5.16 Å². The monoisotopic (exact) mass is 555 g/mol. The summed E-state index contributed by atoms with van der Waals surface area (Å²) in [5.41, 5.74) is 4.27. The van der Waals surface area contributed by atoms with Gasteiger partial charge in [-0.2, -0.15) is 4.98 Å². The number of fused-ring (bicyclic) bond motifs is 3. The van der Waals surface area contributed by atoms with Crippen molar-refractivity contribution in [2.24, 2.45) is 0 Å². The van der Waals surface area contributed by atoms with Crippen molar-refractivity contribution in [1.29, 1.82) is 0 Å². The molecule has 2 atom stereocenters. The van der Waals surface area contributed by atoms with Gasteiger partial charge in [-0.15, -0.1) is 0 Å². The summed E-state index contributed by atoms with van der Waals surface area (Å²) in [5.74, 6) is 1.53. The number of rotatable bonds is 5. The molecule has 1 amide bonds. The fraction of sp³-hybridized carbons (Fsp3) is 0.419. The van der Waals surface area contributed by atoms with Crippen LogP contribution in [0.5, 0.6) is 5.88 Å². The van der Waals surface area contributed by atoms with Gasteiger partial charge in [0.1, 0.15) is 24.1 Å². The van der Waals surface area contributed by atoms with E-state index in [0.29, 0.717) is 30.7 Å². The van der Waals surface area contributed by atoms with E-state index in [-0.39, 0.29) is 30.9 Å². The average molecular weight is 556 g/mol. The van der Waals surface area contributed by atoms with Crippen molar-refractivity contribution in [3.63, 3.8) is 0 Å². The number of thioether (sulfide) groups is 1. The number of carbonyl (C=O) groups is 1. The van der Waals surface area contributed by atoms with Gasteiger partial charge < -0.3 is 19.2 Å². The highest BCUT2D eigenvalue weighted by molar-refractivity contribution is 7.98. The van der Waals surface area contributed by atoms with Crippen LogP contribution in [-0.2, 0) is 29.8 Å². The molecule has 9 heteroatoms. The number of piperazine rings is 1. The van der Waals surface area contributed by atoms with E-state index in [9.17, 15) is 4.79 Å². The Morgan fingerprint density at radius 2 is 1.95 bits per heavy atom. The molecule has 1 aliphatic carbocycles. The maximum absolute atomic E-state index is 13.0. The largest absolute Gasteiger partial charge is 0.466 e. The molecule has 3 aromatic rings. The van der Waals surface area contributed by atoms with Crippen molar-refractivity contribution in [2.45, 2.75) is 55.5 Å². The van der Waals surface area contributed by atoms with E-state index >= 15 is 0 Å².